The molecule has 0 radical (unpaired) electrons. The standard InChI is InChI=1S/C18H24N4O2/c1-12-4-2-5-13-8-15(21-17(12)13)9-20-18(24)14-6-3-7-22(10-14)11-16(19)23/h2,4-5,8,14,21H,3,6-7,9-11H2,1H3,(H2,19,23)(H,20,24). The predicted octanol–water partition coefficient (Wildman–Crippen LogP) is 1.29. The molecule has 0 saturated carbocycles. The topological polar surface area (TPSA) is 91.2 Å². The molecular formula is C18H24N4O2. The molecular weight excluding hydrogens is 304 g/mol. The lowest BCUT2D eigenvalue weighted by molar-refractivity contribution is -0.128. The van der Waals surface area contributed by atoms with Gasteiger partial charge in [-0.1, -0.05) is 18.2 Å². The molecule has 1 unspecified atom stereocenters. The zero-order valence-electron chi connectivity index (χ0n) is 14.0. The number of aryl methyl sites for hydroxylation is 1. The maximum atomic E-state index is 12.4. The molecule has 6 heteroatoms. The number of para-hydroxylation sites is 1. The van der Waals surface area contributed by atoms with Crippen molar-refractivity contribution in [3.8, 4) is 0 Å². The number of carbonyl (C=O) groups is 2. The predicted molar refractivity (Wildman–Crippen MR) is 93.2 cm³/mol. The molecule has 2 aromatic rings. The molecule has 3 rings (SSSR count). The van der Waals surface area contributed by atoms with Crippen LogP contribution in [0.3, 0.4) is 0 Å². The Morgan fingerprint density at radius 1 is 1.42 bits per heavy atom. The number of nitrogens with two attached hydrogens (primary N) is 1. The van der Waals surface area contributed by atoms with Crippen LogP contribution in [0.15, 0.2) is 24.3 Å². The third-order valence-corrected chi connectivity index (χ3v) is 4.63. The van der Waals surface area contributed by atoms with E-state index < -0.39 is 0 Å². The monoisotopic (exact) mass is 328 g/mol. The first-order chi connectivity index (χ1) is 11.5. The Morgan fingerprint density at radius 3 is 3.00 bits per heavy atom. The van der Waals surface area contributed by atoms with Gasteiger partial charge in [0.25, 0.3) is 0 Å². The van der Waals surface area contributed by atoms with Crippen molar-refractivity contribution in [1.29, 1.82) is 0 Å². The summed E-state index contributed by atoms with van der Waals surface area (Å²) >= 11 is 0. The number of nitrogens with zero attached hydrogens (tertiary/aromatic N) is 1. The van der Waals surface area contributed by atoms with E-state index in [0.29, 0.717) is 13.1 Å². The molecule has 0 bridgehead atoms. The van der Waals surface area contributed by atoms with Crippen molar-refractivity contribution in [3.63, 3.8) is 0 Å². The number of benzene rings is 1. The van der Waals surface area contributed by atoms with Crippen molar-refractivity contribution < 1.29 is 9.59 Å². The van der Waals surface area contributed by atoms with Gasteiger partial charge >= 0.3 is 0 Å². The fraction of sp³-hybridized carbons (Fsp3) is 0.444. The number of hydrogen-bond acceptors (Lipinski definition) is 3. The van der Waals surface area contributed by atoms with E-state index in [-0.39, 0.29) is 24.3 Å². The number of nitrogens with one attached hydrogen (secondary N) is 2. The number of carbonyl (C=O) groups excluding carboxylic acids is 2. The van der Waals surface area contributed by atoms with Crippen molar-refractivity contribution in [2.45, 2.75) is 26.3 Å². The average Bonchev–Trinajstić information content (AvgIpc) is 2.97. The number of primary amides is 1. The molecule has 1 atom stereocenters. The van der Waals surface area contributed by atoms with Gasteiger partial charge in [-0.15, -0.1) is 0 Å². The molecule has 2 heterocycles. The largest absolute Gasteiger partial charge is 0.369 e. The Kier molecular flexibility index (Phi) is 4.85. The molecule has 0 aliphatic carbocycles. The molecule has 1 fully saturated rings. The molecule has 2 amide bonds. The van der Waals surface area contributed by atoms with E-state index in [0.717, 1.165) is 36.0 Å². The maximum absolute atomic E-state index is 12.4. The van der Waals surface area contributed by atoms with Gasteiger partial charge in [-0.2, -0.15) is 0 Å². The van der Waals surface area contributed by atoms with Crippen LogP contribution < -0.4 is 11.1 Å². The molecule has 1 aromatic heterocycles. The van der Waals surface area contributed by atoms with E-state index in [9.17, 15) is 9.59 Å². The minimum Gasteiger partial charge on any atom is -0.369 e. The lowest BCUT2D eigenvalue weighted by atomic mass is 9.97. The maximum Gasteiger partial charge on any atom is 0.231 e. The molecule has 0 spiro atoms. The summed E-state index contributed by atoms with van der Waals surface area (Å²) in [6.07, 6.45) is 1.77. The summed E-state index contributed by atoms with van der Waals surface area (Å²) in [5.41, 5.74) is 8.55. The number of amides is 2. The molecule has 1 aliphatic heterocycles. The van der Waals surface area contributed by atoms with Crippen LogP contribution in [0.5, 0.6) is 0 Å². The van der Waals surface area contributed by atoms with Crippen molar-refractivity contribution >= 4 is 22.7 Å². The fourth-order valence-corrected chi connectivity index (χ4v) is 3.42. The summed E-state index contributed by atoms with van der Waals surface area (Å²) in [6, 6.07) is 8.23. The first-order valence-corrected chi connectivity index (χ1v) is 8.38. The van der Waals surface area contributed by atoms with Gasteiger partial charge in [0, 0.05) is 17.8 Å². The van der Waals surface area contributed by atoms with Gasteiger partial charge < -0.3 is 16.0 Å². The van der Waals surface area contributed by atoms with Crippen LogP contribution in [0, 0.1) is 12.8 Å². The molecule has 1 saturated heterocycles. The van der Waals surface area contributed by atoms with Crippen LogP contribution in [-0.2, 0) is 16.1 Å². The van der Waals surface area contributed by atoms with E-state index >= 15 is 0 Å². The lowest BCUT2D eigenvalue weighted by Crippen LogP contribution is -2.45. The highest BCUT2D eigenvalue weighted by Gasteiger charge is 2.26. The fourth-order valence-electron chi connectivity index (χ4n) is 3.42. The quantitative estimate of drug-likeness (QED) is 0.772. The highest BCUT2D eigenvalue weighted by atomic mass is 16.2. The molecule has 1 aromatic carbocycles. The summed E-state index contributed by atoms with van der Waals surface area (Å²) < 4.78 is 0. The third-order valence-electron chi connectivity index (χ3n) is 4.63. The number of aromatic nitrogens is 1. The van der Waals surface area contributed by atoms with Crippen molar-refractivity contribution in [2.24, 2.45) is 11.7 Å². The zero-order chi connectivity index (χ0) is 17.1. The summed E-state index contributed by atoms with van der Waals surface area (Å²) in [5.74, 6) is -0.381. The first kappa shape index (κ1) is 16.5. The van der Waals surface area contributed by atoms with E-state index in [1.165, 1.54) is 5.56 Å². The summed E-state index contributed by atoms with van der Waals surface area (Å²) in [4.78, 5) is 28.8. The van der Waals surface area contributed by atoms with Crippen LogP contribution in [0.25, 0.3) is 10.9 Å². The number of likely N-dealkylation sites (tertiary alicyclic amines) is 1. The van der Waals surface area contributed by atoms with E-state index in [1.807, 2.05) is 11.0 Å². The summed E-state index contributed by atoms with van der Waals surface area (Å²) in [5, 5.41) is 4.17. The number of fused-ring (bicyclic) bond motifs is 1. The van der Waals surface area contributed by atoms with Gasteiger partial charge in [0.15, 0.2) is 0 Å². The Balaban J connectivity index is 1.58. The molecule has 128 valence electrons. The number of piperidine rings is 1. The Bertz CT molecular complexity index is 753. The van der Waals surface area contributed by atoms with Crippen molar-refractivity contribution in [2.75, 3.05) is 19.6 Å². The normalized spacial score (nSPS) is 18.6. The highest BCUT2D eigenvalue weighted by Crippen LogP contribution is 2.19. The average molecular weight is 328 g/mol. The van der Waals surface area contributed by atoms with Crippen LogP contribution in [-0.4, -0.2) is 41.3 Å². The van der Waals surface area contributed by atoms with E-state index in [1.54, 1.807) is 0 Å². The van der Waals surface area contributed by atoms with Crippen LogP contribution in [0.1, 0.15) is 24.1 Å². The van der Waals surface area contributed by atoms with E-state index in [2.05, 4.69) is 35.4 Å². The van der Waals surface area contributed by atoms with Gasteiger partial charge in [0.2, 0.25) is 11.8 Å². The van der Waals surface area contributed by atoms with Crippen LogP contribution >= 0.6 is 0 Å². The highest BCUT2D eigenvalue weighted by molar-refractivity contribution is 5.84. The number of aromatic amines is 1. The second-order valence-corrected chi connectivity index (χ2v) is 6.59. The van der Waals surface area contributed by atoms with Gasteiger partial charge in [-0.05, 0) is 43.3 Å². The van der Waals surface area contributed by atoms with Gasteiger partial charge in [-0.25, -0.2) is 0 Å². The lowest BCUT2D eigenvalue weighted by Gasteiger charge is -2.30. The molecule has 1 aliphatic rings. The minimum absolute atomic E-state index is 0.0412. The molecule has 24 heavy (non-hydrogen) atoms. The molecule has 4 N–H and O–H groups in total. The Labute approximate surface area is 141 Å². The third kappa shape index (κ3) is 3.76. The smallest absolute Gasteiger partial charge is 0.231 e. The van der Waals surface area contributed by atoms with Gasteiger partial charge in [0.1, 0.15) is 0 Å². The van der Waals surface area contributed by atoms with Gasteiger partial charge in [0.05, 0.1) is 19.0 Å². The van der Waals surface area contributed by atoms with Crippen molar-refractivity contribution in [1.82, 2.24) is 15.2 Å². The number of H-pyrrole nitrogens is 1. The van der Waals surface area contributed by atoms with E-state index in [4.69, 9.17) is 5.73 Å². The molecule has 6 nitrogen and oxygen atoms in total. The van der Waals surface area contributed by atoms with Gasteiger partial charge in [-0.3, -0.25) is 14.5 Å². The Hall–Kier alpha value is -2.34. The minimum atomic E-state index is -0.343. The number of rotatable bonds is 5. The van der Waals surface area contributed by atoms with Crippen LogP contribution in [0.4, 0.5) is 0 Å². The SMILES string of the molecule is Cc1cccc2cc(CNC(=O)C3CCCN(CC(N)=O)C3)[nH]c12. The zero-order valence-corrected chi connectivity index (χ0v) is 14.0. The first-order valence-electron chi connectivity index (χ1n) is 8.38. The summed E-state index contributed by atoms with van der Waals surface area (Å²) in [7, 11) is 0. The Morgan fingerprint density at radius 2 is 2.25 bits per heavy atom. The van der Waals surface area contributed by atoms with Crippen molar-refractivity contribution in [3.05, 3.63) is 35.5 Å². The van der Waals surface area contributed by atoms with Crippen LogP contribution in [0.2, 0.25) is 0 Å². The number of hydrogen-bond donors (Lipinski definition) is 3. The second-order valence-electron chi connectivity index (χ2n) is 6.59. The summed E-state index contributed by atoms with van der Waals surface area (Å²) in [6.45, 7) is 4.20. The second kappa shape index (κ2) is 7.05.